The fourth-order valence-corrected chi connectivity index (χ4v) is 1.57. The smallest absolute Gasteiger partial charge is 0.249 e. The quantitative estimate of drug-likeness (QED) is 0.849. The molecule has 5 nitrogen and oxygen atoms in total. The molecule has 1 heterocycles. The van der Waals surface area contributed by atoms with Gasteiger partial charge < -0.3 is 0 Å². The van der Waals surface area contributed by atoms with E-state index in [1.54, 1.807) is 0 Å². The summed E-state index contributed by atoms with van der Waals surface area (Å²) in [5.41, 5.74) is 0.944. The molecule has 0 aliphatic heterocycles. The summed E-state index contributed by atoms with van der Waals surface area (Å²) in [4.78, 5) is 15.7. The fourth-order valence-electron chi connectivity index (χ4n) is 1.57. The van der Waals surface area contributed by atoms with Crippen LogP contribution in [0, 0.1) is 0 Å². The van der Waals surface area contributed by atoms with Crippen LogP contribution in [0.2, 0.25) is 0 Å². The molecule has 0 spiro atoms. The Morgan fingerprint density at radius 1 is 1.33 bits per heavy atom. The summed E-state index contributed by atoms with van der Waals surface area (Å²) >= 11 is 0. The van der Waals surface area contributed by atoms with E-state index >= 15 is 0 Å². The van der Waals surface area contributed by atoms with E-state index in [4.69, 9.17) is 0 Å². The minimum Gasteiger partial charge on any atom is -0.293 e. The van der Waals surface area contributed by atoms with Crippen molar-refractivity contribution in [2.75, 3.05) is 5.32 Å². The monoisotopic (exact) mass is 244 g/mol. The second-order valence-electron chi connectivity index (χ2n) is 4.03. The highest BCUT2D eigenvalue weighted by Gasteiger charge is 2.07. The van der Waals surface area contributed by atoms with Gasteiger partial charge in [0.15, 0.2) is 5.82 Å². The number of nitrogens with one attached hydrogen (secondary N) is 2. The lowest BCUT2D eigenvalue weighted by Gasteiger charge is -1.98. The number of aromatic amines is 1. The van der Waals surface area contributed by atoms with Crippen molar-refractivity contribution in [3.8, 4) is 11.4 Å². The topological polar surface area (TPSA) is 70.7 Å². The summed E-state index contributed by atoms with van der Waals surface area (Å²) in [6.45, 7) is 2.05. The molecule has 94 valence electrons. The van der Waals surface area contributed by atoms with Gasteiger partial charge in [-0.05, 0) is 6.42 Å². The van der Waals surface area contributed by atoms with E-state index in [0.717, 1.165) is 18.4 Å². The second-order valence-corrected chi connectivity index (χ2v) is 4.03. The number of hydrogen-bond acceptors (Lipinski definition) is 3. The Bertz CT molecular complexity index is 507. The van der Waals surface area contributed by atoms with Crippen LogP contribution in [-0.4, -0.2) is 21.1 Å². The lowest BCUT2D eigenvalue weighted by atomic mass is 10.2. The van der Waals surface area contributed by atoms with Crippen LogP contribution in [0.3, 0.4) is 0 Å². The van der Waals surface area contributed by atoms with Crippen molar-refractivity contribution >= 4 is 11.9 Å². The van der Waals surface area contributed by atoms with Crippen molar-refractivity contribution in [1.29, 1.82) is 0 Å². The minimum atomic E-state index is -0.0459. The number of H-pyrrole nitrogens is 1. The zero-order valence-corrected chi connectivity index (χ0v) is 10.3. The Balaban J connectivity index is 2.00. The van der Waals surface area contributed by atoms with Crippen LogP contribution in [0.1, 0.15) is 26.2 Å². The molecule has 0 atom stereocenters. The van der Waals surface area contributed by atoms with E-state index in [1.165, 1.54) is 0 Å². The van der Waals surface area contributed by atoms with E-state index < -0.39 is 0 Å². The van der Waals surface area contributed by atoms with Gasteiger partial charge in [-0.2, -0.15) is 4.98 Å². The molecule has 1 amide bonds. The highest BCUT2D eigenvalue weighted by atomic mass is 16.1. The molecule has 0 bridgehead atoms. The van der Waals surface area contributed by atoms with Crippen LogP contribution in [0.15, 0.2) is 30.3 Å². The number of unbranched alkanes of at least 4 members (excludes halogenated alkanes) is 1. The van der Waals surface area contributed by atoms with Crippen molar-refractivity contribution in [2.24, 2.45) is 0 Å². The highest BCUT2D eigenvalue weighted by Crippen LogP contribution is 2.14. The summed E-state index contributed by atoms with van der Waals surface area (Å²) in [5.74, 6) is 0.937. The number of carbonyl (C=O) groups is 1. The number of aromatic nitrogens is 3. The molecule has 0 saturated heterocycles. The first-order valence-corrected chi connectivity index (χ1v) is 6.07. The number of anilines is 1. The third-order valence-corrected chi connectivity index (χ3v) is 2.54. The van der Waals surface area contributed by atoms with Gasteiger partial charge in [0, 0.05) is 12.0 Å². The standard InChI is InChI=1S/C13H16N4O/c1-2-3-9-11(18)14-13-15-12(16-17-13)10-7-5-4-6-8-10/h4-8H,2-3,9H2,1H3,(H2,14,15,16,17,18). The molecule has 1 aromatic heterocycles. The molecule has 0 unspecified atom stereocenters. The normalized spacial score (nSPS) is 10.3. The van der Waals surface area contributed by atoms with Gasteiger partial charge in [-0.3, -0.25) is 15.2 Å². The van der Waals surface area contributed by atoms with E-state index in [0.29, 0.717) is 18.2 Å². The zero-order chi connectivity index (χ0) is 12.8. The number of nitrogens with zero attached hydrogens (tertiary/aromatic N) is 2. The van der Waals surface area contributed by atoms with Crippen molar-refractivity contribution in [2.45, 2.75) is 26.2 Å². The van der Waals surface area contributed by atoms with Crippen LogP contribution in [-0.2, 0) is 4.79 Å². The molecule has 0 fully saturated rings. The largest absolute Gasteiger partial charge is 0.293 e. The molecule has 2 rings (SSSR count). The van der Waals surface area contributed by atoms with Gasteiger partial charge in [-0.25, -0.2) is 0 Å². The van der Waals surface area contributed by atoms with E-state index in [1.807, 2.05) is 37.3 Å². The SMILES string of the molecule is CCCCC(=O)Nc1n[nH]c(-c2ccccc2)n1. The Morgan fingerprint density at radius 3 is 2.83 bits per heavy atom. The summed E-state index contributed by atoms with van der Waals surface area (Å²) in [7, 11) is 0. The van der Waals surface area contributed by atoms with Crippen LogP contribution in [0.4, 0.5) is 5.95 Å². The third kappa shape index (κ3) is 3.16. The van der Waals surface area contributed by atoms with E-state index in [2.05, 4.69) is 20.5 Å². The maximum atomic E-state index is 11.5. The number of rotatable bonds is 5. The Morgan fingerprint density at radius 2 is 2.11 bits per heavy atom. The molecule has 2 N–H and O–H groups in total. The molecular weight excluding hydrogens is 228 g/mol. The molecule has 0 aliphatic carbocycles. The molecule has 0 aliphatic rings. The Kier molecular flexibility index (Phi) is 4.06. The number of benzene rings is 1. The first kappa shape index (κ1) is 12.3. The van der Waals surface area contributed by atoms with Crippen LogP contribution in [0.5, 0.6) is 0 Å². The maximum absolute atomic E-state index is 11.5. The molecule has 0 radical (unpaired) electrons. The van der Waals surface area contributed by atoms with Gasteiger partial charge in [-0.1, -0.05) is 43.7 Å². The third-order valence-electron chi connectivity index (χ3n) is 2.54. The van der Waals surface area contributed by atoms with Crippen LogP contribution >= 0.6 is 0 Å². The van der Waals surface area contributed by atoms with Gasteiger partial charge in [0.2, 0.25) is 11.9 Å². The zero-order valence-electron chi connectivity index (χ0n) is 10.3. The number of amides is 1. The highest BCUT2D eigenvalue weighted by molar-refractivity contribution is 5.89. The summed E-state index contributed by atoms with van der Waals surface area (Å²) in [5, 5.41) is 9.45. The van der Waals surface area contributed by atoms with E-state index in [9.17, 15) is 4.79 Å². The van der Waals surface area contributed by atoms with Crippen molar-refractivity contribution in [3.05, 3.63) is 30.3 Å². The lowest BCUT2D eigenvalue weighted by Crippen LogP contribution is -2.12. The minimum absolute atomic E-state index is 0.0459. The van der Waals surface area contributed by atoms with Crippen LogP contribution in [0.25, 0.3) is 11.4 Å². The first-order chi connectivity index (χ1) is 8.79. The average molecular weight is 244 g/mol. The predicted molar refractivity (Wildman–Crippen MR) is 70.0 cm³/mol. The number of hydrogen-bond donors (Lipinski definition) is 2. The number of carbonyl (C=O) groups excluding carboxylic acids is 1. The lowest BCUT2D eigenvalue weighted by molar-refractivity contribution is -0.116. The molecule has 5 heteroatoms. The second kappa shape index (κ2) is 5.95. The van der Waals surface area contributed by atoms with Crippen molar-refractivity contribution in [3.63, 3.8) is 0 Å². The molecular formula is C13H16N4O. The fraction of sp³-hybridized carbons (Fsp3) is 0.308. The van der Waals surface area contributed by atoms with Gasteiger partial charge in [-0.15, -0.1) is 5.10 Å². The van der Waals surface area contributed by atoms with E-state index in [-0.39, 0.29) is 5.91 Å². The summed E-state index contributed by atoms with van der Waals surface area (Å²) < 4.78 is 0. The first-order valence-electron chi connectivity index (χ1n) is 6.07. The van der Waals surface area contributed by atoms with Gasteiger partial charge in [0.1, 0.15) is 0 Å². The molecule has 1 aromatic carbocycles. The Hall–Kier alpha value is -2.17. The average Bonchev–Trinajstić information content (AvgIpc) is 2.86. The van der Waals surface area contributed by atoms with Gasteiger partial charge in [0.05, 0.1) is 0 Å². The van der Waals surface area contributed by atoms with Gasteiger partial charge in [0.25, 0.3) is 0 Å². The van der Waals surface area contributed by atoms with Crippen LogP contribution < -0.4 is 5.32 Å². The molecule has 2 aromatic rings. The van der Waals surface area contributed by atoms with Crippen molar-refractivity contribution in [1.82, 2.24) is 15.2 Å². The summed E-state index contributed by atoms with van der Waals surface area (Å²) in [6.07, 6.45) is 2.38. The molecule has 18 heavy (non-hydrogen) atoms. The Labute approximate surface area is 106 Å². The summed E-state index contributed by atoms with van der Waals surface area (Å²) in [6, 6.07) is 9.66. The van der Waals surface area contributed by atoms with Gasteiger partial charge >= 0.3 is 0 Å². The predicted octanol–water partition coefficient (Wildman–Crippen LogP) is 2.60. The molecule has 0 saturated carbocycles. The maximum Gasteiger partial charge on any atom is 0.249 e. The van der Waals surface area contributed by atoms with Crippen molar-refractivity contribution < 1.29 is 4.79 Å².